The van der Waals surface area contributed by atoms with Crippen molar-refractivity contribution in [2.45, 2.75) is 25.8 Å². The van der Waals surface area contributed by atoms with E-state index >= 15 is 0 Å². The van der Waals surface area contributed by atoms with E-state index < -0.39 is 0 Å². The monoisotopic (exact) mass is 428 g/mol. The van der Waals surface area contributed by atoms with Crippen molar-refractivity contribution < 1.29 is 14.3 Å². The molecule has 1 amide bonds. The van der Waals surface area contributed by atoms with Crippen LogP contribution in [0.1, 0.15) is 36.3 Å². The SMILES string of the molecule is CCOCCOc1ccc(Cl)cc1NC(=O)c1ccn(C2CCCNC2)n1.Cl. The first-order valence-electron chi connectivity index (χ1n) is 9.24. The third-order valence-electron chi connectivity index (χ3n) is 4.37. The van der Waals surface area contributed by atoms with Crippen molar-refractivity contribution in [2.75, 3.05) is 38.2 Å². The van der Waals surface area contributed by atoms with Gasteiger partial charge in [-0.2, -0.15) is 5.10 Å². The van der Waals surface area contributed by atoms with E-state index in [4.69, 9.17) is 21.1 Å². The minimum Gasteiger partial charge on any atom is -0.489 e. The number of hydrogen-bond donors (Lipinski definition) is 2. The van der Waals surface area contributed by atoms with Crippen molar-refractivity contribution >= 4 is 35.6 Å². The Kier molecular flexibility index (Phi) is 9.05. The van der Waals surface area contributed by atoms with E-state index in [0.29, 0.717) is 42.0 Å². The number of rotatable bonds is 8. The highest BCUT2D eigenvalue weighted by molar-refractivity contribution is 6.31. The Morgan fingerprint density at radius 3 is 3.00 bits per heavy atom. The molecular formula is C19H26Cl2N4O3. The van der Waals surface area contributed by atoms with Gasteiger partial charge < -0.3 is 20.1 Å². The number of carbonyl (C=O) groups excluding carboxylic acids is 1. The fourth-order valence-corrected chi connectivity index (χ4v) is 3.16. The van der Waals surface area contributed by atoms with Crippen LogP contribution in [0, 0.1) is 0 Å². The molecule has 1 aliphatic heterocycles. The number of amides is 1. The summed E-state index contributed by atoms with van der Waals surface area (Å²) in [6.45, 7) is 5.33. The summed E-state index contributed by atoms with van der Waals surface area (Å²) in [6, 6.07) is 7.12. The largest absolute Gasteiger partial charge is 0.489 e. The zero-order valence-corrected chi connectivity index (χ0v) is 17.4. The Labute approximate surface area is 176 Å². The Balaban J connectivity index is 0.00000280. The van der Waals surface area contributed by atoms with Gasteiger partial charge in [-0.15, -0.1) is 12.4 Å². The number of nitrogens with one attached hydrogen (secondary N) is 2. The van der Waals surface area contributed by atoms with Gasteiger partial charge in [0, 0.05) is 24.4 Å². The molecule has 154 valence electrons. The van der Waals surface area contributed by atoms with Crippen LogP contribution in [0.25, 0.3) is 0 Å². The first kappa shape index (κ1) is 22.5. The molecule has 1 aliphatic rings. The lowest BCUT2D eigenvalue weighted by Crippen LogP contribution is -2.32. The van der Waals surface area contributed by atoms with Crippen LogP contribution in [0.2, 0.25) is 5.02 Å². The Bertz CT molecular complexity index is 763. The third-order valence-corrected chi connectivity index (χ3v) is 4.60. The summed E-state index contributed by atoms with van der Waals surface area (Å²) >= 11 is 6.08. The van der Waals surface area contributed by atoms with E-state index in [1.807, 2.05) is 17.8 Å². The fraction of sp³-hybridized carbons (Fsp3) is 0.474. The lowest BCUT2D eigenvalue weighted by Gasteiger charge is -2.22. The normalized spacial score (nSPS) is 16.3. The van der Waals surface area contributed by atoms with E-state index in [2.05, 4.69) is 15.7 Å². The summed E-state index contributed by atoms with van der Waals surface area (Å²) in [5.74, 6) is 0.248. The van der Waals surface area contributed by atoms with Crippen LogP contribution in [0.5, 0.6) is 5.75 Å². The van der Waals surface area contributed by atoms with Gasteiger partial charge >= 0.3 is 0 Å². The molecule has 0 spiro atoms. The van der Waals surface area contributed by atoms with Crippen LogP contribution < -0.4 is 15.4 Å². The second-order valence-electron chi connectivity index (χ2n) is 6.32. The molecular weight excluding hydrogens is 403 g/mol. The molecule has 2 aromatic rings. The predicted molar refractivity (Wildman–Crippen MR) is 112 cm³/mol. The van der Waals surface area contributed by atoms with Gasteiger partial charge in [0.1, 0.15) is 12.4 Å². The van der Waals surface area contributed by atoms with Gasteiger partial charge in [-0.1, -0.05) is 11.6 Å². The highest BCUT2D eigenvalue weighted by Crippen LogP contribution is 2.28. The molecule has 0 bridgehead atoms. The van der Waals surface area contributed by atoms with Crippen molar-refractivity contribution in [3.05, 3.63) is 41.2 Å². The average molecular weight is 429 g/mol. The number of hydrogen-bond acceptors (Lipinski definition) is 5. The van der Waals surface area contributed by atoms with E-state index in [9.17, 15) is 4.79 Å². The summed E-state index contributed by atoms with van der Waals surface area (Å²) in [5, 5.41) is 11.1. The topological polar surface area (TPSA) is 77.4 Å². The number of ether oxygens (including phenoxy) is 2. The van der Waals surface area contributed by atoms with Crippen molar-refractivity contribution in [3.63, 3.8) is 0 Å². The number of anilines is 1. The molecule has 0 radical (unpaired) electrons. The molecule has 3 rings (SSSR count). The summed E-state index contributed by atoms with van der Waals surface area (Å²) in [6.07, 6.45) is 4.02. The van der Waals surface area contributed by atoms with Gasteiger partial charge in [0.05, 0.1) is 18.3 Å². The van der Waals surface area contributed by atoms with Crippen molar-refractivity contribution in [1.82, 2.24) is 15.1 Å². The third kappa shape index (κ3) is 6.10. The van der Waals surface area contributed by atoms with Crippen LogP contribution in [0.4, 0.5) is 5.69 Å². The number of halogens is 2. The first-order valence-corrected chi connectivity index (χ1v) is 9.62. The number of nitrogens with zero attached hydrogens (tertiary/aromatic N) is 2. The molecule has 0 saturated carbocycles. The molecule has 9 heteroatoms. The van der Waals surface area contributed by atoms with E-state index in [1.165, 1.54) is 0 Å². The van der Waals surface area contributed by atoms with E-state index in [1.54, 1.807) is 24.3 Å². The quantitative estimate of drug-likeness (QED) is 0.628. The number of piperidine rings is 1. The van der Waals surface area contributed by atoms with E-state index in [0.717, 1.165) is 25.9 Å². The zero-order chi connectivity index (χ0) is 19.1. The highest BCUT2D eigenvalue weighted by atomic mass is 35.5. The van der Waals surface area contributed by atoms with Crippen molar-refractivity contribution in [1.29, 1.82) is 0 Å². The second-order valence-corrected chi connectivity index (χ2v) is 6.76. The molecule has 0 aliphatic carbocycles. The van der Waals surface area contributed by atoms with Crippen LogP contribution in [-0.2, 0) is 4.74 Å². The van der Waals surface area contributed by atoms with Gasteiger partial charge in [0.25, 0.3) is 5.91 Å². The van der Waals surface area contributed by atoms with Gasteiger partial charge in [0.2, 0.25) is 0 Å². The molecule has 1 unspecified atom stereocenters. The molecule has 1 aromatic heterocycles. The van der Waals surface area contributed by atoms with Crippen LogP contribution in [0.15, 0.2) is 30.5 Å². The van der Waals surface area contributed by atoms with Crippen LogP contribution in [-0.4, -0.2) is 48.6 Å². The van der Waals surface area contributed by atoms with Gasteiger partial charge in [-0.3, -0.25) is 9.48 Å². The fourth-order valence-electron chi connectivity index (χ4n) is 2.99. The molecule has 28 heavy (non-hydrogen) atoms. The van der Waals surface area contributed by atoms with Gasteiger partial charge in [-0.05, 0) is 50.6 Å². The molecule has 1 atom stereocenters. The molecule has 2 N–H and O–H groups in total. The standard InChI is InChI=1S/C19H25ClN4O3.ClH/c1-2-26-10-11-27-18-6-5-14(20)12-17(18)22-19(25)16-7-9-24(23-16)15-4-3-8-21-13-15;/h5-7,9,12,15,21H,2-4,8,10-11,13H2,1H3,(H,22,25);1H. The number of aromatic nitrogens is 2. The van der Waals surface area contributed by atoms with Crippen molar-refractivity contribution in [3.8, 4) is 5.75 Å². The summed E-state index contributed by atoms with van der Waals surface area (Å²) in [4.78, 5) is 12.6. The maximum atomic E-state index is 12.6. The van der Waals surface area contributed by atoms with Crippen molar-refractivity contribution in [2.24, 2.45) is 0 Å². The second kappa shape index (κ2) is 11.3. The molecule has 2 heterocycles. The summed E-state index contributed by atoms with van der Waals surface area (Å²) in [7, 11) is 0. The Morgan fingerprint density at radius 1 is 1.39 bits per heavy atom. The van der Waals surface area contributed by atoms with E-state index in [-0.39, 0.29) is 24.4 Å². The van der Waals surface area contributed by atoms with Crippen LogP contribution in [0.3, 0.4) is 0 Å². The Morgan fingerprint density at radius 2 is 2.25 bits per heavy atom. The smallest absolute Gasteiger partial charge is 0.276 e. The number of carbonyl (C=O) groups is 1. The lowest BCUT2D eigenvalue weighted by atomic mass is 10.1. The Hall–Kier alpha value is -1.80. The number of benzene rings is 1. The molecule has 1 fully saturated rings. The first-order chi connectivity index (χ1) is 13.2. The molecule has 1 aromatic carbocycles. The summed E-state index contributed by atoms with van der Waals surface area (Å²) in [5.41, 5.74) is 0.874. The minimum atomic E-state index is -0.297. The van der Waals surface area contributed by atoms with Crippen LogP contribution >= 0.6 is 24.0 Å². The zero-order valence-electron chi connectivity index (χ0n) is 15.8. The molecule has 7 nitrogen and oxygen atoms in total. The lowest BCUT2D eigenvalue weighted by molar-refractivity contribution is 0.101. The highest BCUT2D eigenvalue weighted by Gasteiger charge is 2.18. The minimum absolute atomic E-state index is 0. The molecule has 1 saturated heterocycles. The average Bonchev–Trinajstić information content (AvgIpc) is 3.18. The summed E-state index contributed by atoms with van der Waals surface area (Å²) < 4.78 is 12.8. The van der Waals surface area contributed by atoms with Gasteiger partial charge in [0.15, 0.2) is 5.69 Å². The maximum Gasteiger partial charge on any atom is 0.276 e. The van der Waals surface area contributed by atoms with Gasteiger partial charge in [-0.25, -0.2) is 0 Å². The predicted octanol–water partition coefficient (Wildman–Crippen LogP) is 3.55. The maximum absolute atomic E-state index is 12.6.